The first kappa shape index (κ1) is 12.2. The lowest BCUT2D eigenvalue weighted by Crippen LogP contribution is -2.31. The van der Waals surface area contributed by atoms with Crippen LogP contribution in [0.1, 0.15) is 20.7 Å². The molecule has 1 aliphatic heterocycles. The number of fused-ring (bicyclic) bond motifs is 1. The lowest BCUT2D eigenvalue weighted by Gasteiger charge is -2.17. The van der Waals surface area contributed by atoms with Crippen molar-refractivity contribution in [2.45, 2.75) is 0 Å². The summed E-state index contributed by atoms with van der Waals surface area (Å²) in [6.45, 7) is 0. The highest BCUT2D eigenvalue weighted by atomic mass is 19.2. The van der Waals surface area contributed by atoms with Gasteiger partial charge in [-0.3, -0.25) is 14.6 Å². The number of carbonyl (C=O) groups is 2. The largest absolute Gasteiger partial charge is 0.397 e. The molecule has 0 saturated carbocycles. The summed E-state index contributed by atoms with van der Waals surface area (Å²) in [7, 11) is 0. The summed E-state index contributed by atoms with van der Waals surface area (Å²) in [6.07, 6.45) is 2.53. The third-order valence-electron chi connectivity index (χ3n) is 3.01. The van der Waals surface area contributed by atoms with E-state index in [4.69, 9.17) is 5.73 Å². The van der Waals surface area contributed by atoms with E-state index in [0.29, 0.717) is 4.90 Å². The topological polar surface area (TPSA) is 76.3 Å². The summed E-state index contributed by atoms with van der Waals surface area (Å²) in [5, 5.41) is 0. The van der Waals surface area contributed by atoms with E-state index in [9.17, 15) is 18.4 Å². The SMILES string of the molecule is Nc1ccc(F)c(F)c1N1C(=O)c2ccncc2C1=O. The van der Waals surface area contributed by atoms with E-state index in [1.54, 1.807) is 0 Å². The molecule has 2 aromatic rings. The summed E-state index contributed by atoms with van der Waals surface area (Å²) >= 11 is 0. The van der Waals surface area contributed by atoms with Gasteiger partial charge in [0.1, 0.15) is 5.69 Å². The maximum Gasteiger partial charge on any atom is 0.267 e. The van der Waals surface area contributed by atoms with Crippen molar-refractivity contribution in [3.63, 3.8) is 0 Å². The normalized spacial score (nSPS) is 13.8. The zero-order valence-electron chi connectivity index (χ0n) is 9.93. The Bertz CT molecular complexity index is 726. The third kappa shape index (κ3) is 1.49. The molecule has 0 spiro atoms. The number of imide groups is 1. The molecule has 5 nitrogen and oxygen atoms in total. The highest BCUT2D eigenvalue weighted by Crippen LogP contribution is 2.34. The van der Waals surface area contributed by atoms with Crippen LogP contribution >= 0.6 is 0 Å². The number of anilines is 2. The van der Waals surface area contributed by atoms with Crippen LogP contribution in [0.5, 0.6) is 0 Å². The van der Waals surface area contributed by atoms with E-state index in [0.717, 1.165) is 12.1 Å². The minimum absolute atomic E-state index is 0.0283. The number of pyridine rings is 1. The first-order valence-electron chi connectivity index (χ1n) is 5.58. The average Bonchev–Trinajstić information content (AvgIpc) is 2.69. The lowest BCUT2D eigenvalue weighted by atomic mass is 10.2. The summed E-state index contributed by atoms with van der Waals surface area (Å²) in [4.78, 5) is 28.6. The van der Waals surface area contributed by atoms with Crippen molar-refractivity contribution in [1.82, 2.24) is 4.98 Å². The Morgan fingerprint density at radius 3 is 2.45 bits per heavy atom. The molecule has 20 heavy (non-hydrogen) atoms. The Morgan fingerprint density at radius 1 is 1.05 bits per heavy atom. The summed E-state index contributed by atoms with van der Waals surface area (Å²) in [5.74, 6) is -4.07. The van der Waals surface area contributed by atoms with Crippen molar-refractivity contribution in [2.24, 2.45) is 0 Å². The number of hydrogen-bond acceptors (Lipinski definition) is 4. The molecule has 0 bridgehead atoms. The van der Waals surface area contributed by atoms with Crippen LogP contribution in [-0.2, 0) is 0 Å². The van der Waals surface area contributed by atoms with E-state index in [1.807, 2.05) is 0 Å². The van der Waals surface area contributed by atoms with E-state index in [1.165, 1.54) is 18.5 Å². The predicted octanol–water partition coefficient (Wildman–Crippen LogP) is 1.74. The number of halogens is 2. The summed E-state index contributed by atoms with van der Waals surface area (Å²) in [6, 6.07) is 3.26. The molecule has 0 fully saturated rings. The molecular weight excluding hydrogens is 268 g/mol. The third-order valence-corrected chi connectivity index (χ3v) is 3.01. The van der Waals surface area contributed by atoms with Gasteiger partial charge in [-0.25, -0.2) is 13.7 Å². The molecule has 3 rings (SSSR count). The van der Waals surface area contributed by atoms with Crippen molar-refractivity contribution < 1.29 is 18.4 Å². The van der Waals surface area contributed by atoms with Gasteiger partial charge < -0.3 is 5.73 Å². The maximum absolute atomic E-state index is 13.9. The molecule has 0 atom stereocenters. The first-order valence-corrected chi connectivity index (χ1v) is 5.58. The molecule has 0 aliphatic carbocycles. The molecule has 1 aromatic carbocycles. The fraction of sp³-hybridized carbons (Fsp3) is 0. The Labute approximate surface area is 111 Å². The standard InChI is InChI=1S/C13H7F2N3O2/c14-8-1-2-9(16)11(10(8)15)18-12(19)6-3-4-17-5-7(6)13(18)20/h1-5H,16H2. The zero-order valence-corrected chi connectivity index (χ0v) is 9.93. The minimum atomic E-state index is -1.34. The smallest absolute Gasteiger partial charge is 0.267 e. The van der Waals surface area contributed by atoms with Gasteiger partial charge in [0, 0.05) is 12.4 Å². The van der Waals surface area contributed by atoms with Crippen molar-refractivity contribution in [3.05, 3.63) is 53.4 Å². The van der Waals surface area contributed by atoms with Gasteiger partial charge >= 0.3 is 0 Å². The van der Waals surface area contributed by atoms with Crippen LogP contribution in [0.25, 0.3) is 0 Å². The number of carbonyl (C=O) groups excluding carboxylic acids is 2. The van der Waals surface area contributed by atoms with Crippen LogP contribution in [0.15, 0.2) is 30.6 Å². The number of benzene rings is 1. The monoisotopic (exact) mass is 275 g/mol. The highest BCUT2D eigenvalue weighted by molar-refractivity contribution is 6.35. The van der Waals surface area contributed by atoms with Gasteiger partial charge in [0.2, 0.25) is 0 Å². The molecule has 2 heterocycles. The van der Waals surface area contributed by atoms with Crippen molar-refractivity contribution in [1.29, 1.82) is 0 Å². The Balaban J connectivity index is 2.22. The molecule has 2 N–H and O–H groups in total. The number of nitrogen functional groups attached to an aromatic ring is 1. The molecule has 0 saturated heterocycles. The minimum Gasteiger partial charge on any atom is -0.397 e. The van der Waals surface area contributed by atoms with E-state index < -0.39 is 29.1 Å². The van der Waals surface area contributed by atoms with Crippen molar-refractivity contribution in [3.8, 4) is 0 Å². The number of amides is 2. The molecule has 1 aliphatic rings. The van der Waals surface area contributed by atoms with Gasteiger partial charge in [-0.1, -0.05) is 0 Å². The molecule has 2 amide bonds. The Kier molecular flexibility index (Phi) is 2.50. The van der Waals surface area contributed by atoms with Crippen LogP contribution in [-0.4, -0.2) is 16.8 Å². The maximum atomic E-state index is 13.9. The van der Waals surface area contributed by atoms with E-state index in [-0.39, 0.29) is 16.8 Å². The van der Waals surface area contributed by atoms with Crippen LogP contribution in [0.3, 0.4) is 0 Å². The number of aromatic nitrogens is 1. The zero-order chi connectivity index (χ0) is 14.4. The van der Waals surface area contributed by atoms with Gasteiger partial charge in [-0.05, 0) is 18.2 Å². The van der Waals surface area contributed by atoms with E-state index >= 15 is 0 Å². The van der Waals surface area contributed by atoms with E-state index in [2.05, 4.69) is 4.98 Å². The molecule has 1 aromatic heterocycles. The number of nitrogens with zero attached hydrogens (tertiary/aromatic N) is 2. The fourth-order valence-electron chi connectivity index (χ4n) is 2.07. The second-order valence-electron chi connectivity index (χ2n) is 4.17. The predicted molar refractivity (Wildman–Crippen MR) is 66.1 cm³/mol. The van der Waals surface area contributed by atoms with Gasteiger partial charge in [0.05, 0.1) is 16.8 Å². The average molecular weight is 275 g/mol. The molecule has 0 unspecified atom stereocenters. The Morgan fingerprint density at radius 2 is 1.75 bits per heavy atom. The van der Waals surface area contributed by atoms with Gasteiger partial charge in [-0.15, -0.1) is 0 Å². The Hall–Kier alpha value is -2.83. The summed E-state index contributed by atoms with van der Waals surface area (Å²) < 4.78 is 27.2. The van der Waals surface area contributed by atoms with Crippen LogP contribution in [0.4, 0.5) is 20.2 Å². The van der Waals surface area contributed by atoms with Crippen LogP contribution in [0.2, 0.25) is 0 Å². The van der Waals surface area contributed by atoms with Crippen molar-refractivity contribution in [2.75, 3.05) is 10.6 Å². The molecular formula is C13H7F2N3O2. The molecule has 100 valence electrons. The van der Waals surface area contributed by atoms with Crippen molar-refractivity contribution >= 4 is 23.2 Å². The molecule has 0 radical (unpaired) electrons. The fourth-order valence-corrected chi connectivity index (χ4v) is 2.07. The lowest BCUT2D eigenvalue weighted by molar-refractivity contribution is 0.0925. The van der Waals surface area contributed by atoms with Crippen LogP contribution in [0, 0.1) is 11.6 Å². The quantitative estimate of drug-likeness (QED) is 0.635. The summed E-state index contributed by atoms with van der Waals surface area (Å²) in [5.41, 5.74) is 4.89. The van der Waals surface area contributed by atoms with Gasteiger partial charge in [-0.2, -0.15) is 0 Å². The van der Waals surface area contributed by atoms with Gasteiger partial charge in [0.15, 0.2) is 11.6 Å². The number of nitrogens with two attached hydrogens (primary N) is 1. The van der Waals surface area contributed by atoms with Crippen LogP contribution < -0.4 is 10.6 Å². The molecule has 7 heteroatoms. The van der Waals surface area contributed by atoms with Gasteiger partial charge in [0.25, 0.3) is 11.8 Å². The first-order chi connectivity index (χ1) is 9.52. The second-order valence-corrected chi connectivity index (χ2v) is 4.17. The number of rotatable bonds is 1. The highest BCUT2D eigenvalue weighted by Gasteiger charge is 2.39. The number of hydrogen-bond donors (Lipinski definition) is 1. The second kappa shape index (κ2) is 4.09.